The number of hydrogen-bond acceptors (Lipinski definition) is 3. The molecule has 0 aliphatic rings. The Balaban J connectivity index is 2.69. The minimum absolute atomic E-state index is 0.237. The number of carbonyl (C=O) groups excluding carboxylic acids is 1. The van der Waals surface area contributed by atoms with E-state index in [0.717, 1.165) is 11.3 Å². The quantitative estimate of drug-likeness (QED) is 0.674. The van der Waals surface area contributed by atoms with Gasteiger partial charge < -0.3 is 10.4 Å². The fourth-order valence-corrected chi connectivity index (χ4v) is 1.15. The lowest BCUT2D eigenvalue weighted by Crippen LogP contribution is -2.37. The van der Waals surface area contributed by atoms with Gasteiger partial charge in [0.15, 0.2) is 0 Å². The van der Waals surface area contributed by atoms with Gasteiger partial charge in [-0.05, 0) is 18.6 Å². The maximum absolute atomic E-state index is 10.7. The molecular weight excluding hydrogens is 196 g/mol. The summed E-state index contributed by atoms with van der Waals surface area (Å²) in [6.45, 7) is 1.85. The Kier molecular flexibility index (Phi) is 3.79. The number of aryl methyl sites for hydroxylation is 1. The number of rotatable bonds is 5. The average molecular weight is 208 g/mol. The first-order valence-electron chi connectivity index (χ1n) is 4.47. The number of nitrogens with zero attached hydrogens (tertiary/aromatic N) is 1. The van der Waals surface area contributed by atoms with Crippen molar-refractivity contribution in [2.45, 2.75) is 19.4 Å². The van der Waals surface area contributed by atoms with Crippen molar-refractivity contribution >= 4 is 12.4 Å². The number of nitrogens with one attached hydrogen (secondary N) is 1. The minimum atomic E-state index is -1.05. The fraction of sp³-hybridized carbons (Fsp3) is 0.300. The van der Waals surface area contributed by atoms with Crippen molar-refractivity contribution in [3.05, 3.63) is 29.6 Å². The molecule has 0 radical (unpaired) electrons. The van der Waals surface area contributed by atoms with E-state index in [1.165, 1.54) is 0 Å². The molecule has 0 saturated carbocycles. The lowest BCUT2D eigenvalue weighted by Gasteiger charge is -2.10. The summed E-state index contributed by atoms with van der Waals surface area (Å²) >= 11 is 0. The highest BCUT2D eigenvalue weighted by atomic mass is 16.4. The first-order chi connectivity index (χ1) is 7.13. The summed E-state index contributed by atoms with van der Waals surface area (Å²) in [6, 6.07) is 2.70. The summed E-state index contributed by atoms with van der Waals surface area (Å²) in [6.07, 6.45) is 2.24. The summed E-state index contributed by atoms with van der Waals surface area (Å²) in [5.74, 6) is -1.05. The largest absolute Gasteiger partial charge is 0.480 e. The zero-order chi connectivity index (χ0) is 11.3. The first kappa shape index (κ1) is 11.2. The van der Waals surface area contributed by atoms with Crippen LogP contribution in [0.4, 0.5) is 0 Å². The van der Waals surface area contributed by atoms with Gasteiger partial charge in [0, 0.05) is 18.3 Å². The maximum Gasteiger partial charge on any atom is 0.326 e. The number of aliphatic carboxylic acids is 1. The van der Waals surface area contributed by atoms with Gasteiger partial charge in [-0.15, -0.1) is 0 Å². The monoisotopic (exact) mass is 208 g/mol. The second-order valence-corrected chi connectivity index (χ2v) is 3.19. The molecule has 1 aromatic rings. The lowest BCUT2D eigenvalue weighted by atomic mass is 10.1. The van der Waals surface area contributed by atoms with Crippen LogP contribution in [0.25, 0.3) is 0 Å². The second kappa shape index (κ2) is 5.09. The normalized spacial score (nSPS) is 11.8. The molecule has 1 heterocycles. The van der Waals surface area contributed by atoms with E-state index in [1.54, 1.807) is 18.3 Å². The third kappa shape index (κ3) is 3.38. The van der Waals surface area contributed by atoms with Crippen LogP contribution in [0.3, 0.4) is 0 Å². The topological polar surface area (TPSA) is 79.3 Å². The highest BCUT2D eigenvalue weighted by molar-refractivity contribution is 5.76. The third-order valence-electron chi connectivity index (χ3n) is 1.98. The number of pyridine rings is 1. The molecule has 0 aliphatic heterocycles. The number of amides is 1. The molecule has 0 spiro atoms. The molecule has 15 heavy (non-hydrogen) atoms. The summed E-state index contributed by atoms with van der Waals surface area (Å²) in [5, 5.41) is 11.0. The van der Waals surface area contributed by atoms with E-state index < -0.39 is 12.0 Å². The van der Waals surface area contributed by atoms with E-state index in [0.29, 0.717) is 6.41 Å². The third-order valence-corrected chi connectivity index (χ3v) is 1.98. The fourth-order valence-electron chi connectivity index (χ4n) is 1.15. The summed E-state index contributed by atoms with van der Waals surface area (Å²) in [5.41, 5.74) is 1.65. The Hall–Kier alpha value is -1.91. The van der Waals surface area contributed by atoms with Crippen LogP contribution in [0.1, 0.15) is 11.3 Å². The first-order valence-corrected chi connectivity index (χ1v) is 4.47. The van der Waals surface area contributed by atoms with Crippen LogP contribution in [-0.2, 0) is 16.0 Å². The van der Waals surface area contributed by atoms with Crippen molar-refractivity contribution in [2.24, 2.45) is 0 Å². The second-order valence-electron chi connectivity index (χ2n) is 3.19. The number of aromatic nitrogens is 1. The van der Waals surface area contributed by atoms with Gasteiger partial charge in [0.1, 0.15) is 6.04 Å². The molecule has 1 rings (SSSR count). The SMILES string of the molecule is Cc1ccc(CC(NC=O)C(=O)O)cn1. The molecule has 5 nitrogen and oxygen atoms in total. The molecule has 80 valence electrons. The molecule has 1 aromatic heterocycles. The van der Waals surface area contributed by atoms with E-state index in [9.17, 15) is 9.59 Å². The van der Waals surface area contributed by atoms with Gasteiger partial charge in [0.2, 0.25) is 6.41 Å². The molecule has 0 fully saturated rings. The van der Waals surface area contributed by atoms with Crippen LogP contribution >= 0.6 is 0 Å². The number of carbonyl (C=O) groups is 2. The zero-order valence-corrected chi connectivity index (χ0v) is 8.30. The summed E-state index contributed by atoms with van der Waals surface area (Å²) in [7, 11) is 0. The standard InChI is InChI=1S/C10H12N2O3/c1-7-2-3-8(5-11-7)4-9(10(14)15)12-6-13/h2-3,5-6,9H,4H2,1H3,(H,12,13)(H,14,15). The molecule has 1 unspecified atom stereocenters. The molecule has 5 heteroatoms. The average Bonchev–Trinajstić information content (AvgIpc) is 2.20. The summed E-state index contributed by atoms with van der Waals surface area (Å²) in [4.78, 5) is 24.9. The maximum atomic E-state index is 10.7. The summed E-state index contributed by atoms with van der Waals surface area (Å²) < 4.78 is 0. The molecular formula is C10H12N2O3. The Labute approximate surface area is 87.1 Å². The van der Waals surface area contributed by atoms with Gasteiger partial charge in [0.05, 0.1) is 0 Å². The van der Waals surface area contributed by atoms with Crippen molar-refractivity contribution in [2.75, 3.05) is 0 Å². The molecule has 0 saturated heterocycles. The van der Waals surface area contributed by atoms with Gasteiger partial charge in [-0.1, -0.05) is 6.07 Å². The molecule has 2 N–H and O–H groups in total. The van der Waals surface area contributed by atoms with Gasteiger partial charge in [-0.2, -0.15) is 0 Å². The van der Waals surface area contributed by atoms with E-state index in [4.69, 9.17) is 5.11 Å². The van der Waals surface area contributed by atoms with Crippen LogP contribution in [0.2, 0.25) is 0 Å². The Morgan fingerprint density at radius 3 is 2.87 bits per heavy atom. The van der Waals surface area contributed by atoms with E-state index >= 15 is 0 Å². The highest BCUT2D eigenvalue weighted by Crippen LogP contribution is 2.03. The number of carboxylic acids is 1. The van der Waals surface area contributed by atoms with Crippen LogP contribution < -0.4 is 5.32 Å². The van der Waals surface area contributed by atoms with Crippen molar-refractivity contribution in [3.63, 3.8) is 0 Å². The van der Waals surface area contributed by atoms with Crippen molar-refractivity contribution in [1.29, 1.82) is 0 Å². The van der Waals surface area contributed by atoms with E-state index in [2.05, 4.69) is 10.3 Å². The van der Waals surface area contributed by atoms with Crippen LogP contribution in [0.5, 0.6) is 0 Å². The predicted octanol–water partition coefficient (Wildman–Crippen LogP) is 0.132. The van der Waals surface area contributed by atoms with Crippen LogP contribution in [0.15, 0.2) is 18.3 Å². The highest BCUT2D eigenvalue weighted by Gasteiger charge is 2.16. The van der Waals surface area contributed by atoms with Crippen LogP contribution in [0, 0.1) is 6.92 Å². The molecule has 0 bridgehead atoms. The van der Waals surface area contributed by atoms with Gasteiger partial charge >= 0.3 is 5.97 Å². The van der Waals surface area contributed by atoms with Crippen molar-refractivity contribution in [1.82, 2.24) is 10.3 Å². The van der Waals surface area contributed by atoms with Crippen molar-refractivity contribution in [3.8, 4) is 0 Å². The molecule has 0 aromatic carbocycles. The smallest absolute Gasteiger partial charge is 0.326 e. The Bertz CT molecular complexity index is 348. The minimum Gasteiger partial charge on any atom is -0.480 e. The molecule has 1 atom stereocenters. The molecule has 0 aliphatic carbocycles. The van der Waals surface area contributed by atoms with Gasteiger partial charge in [-0.3, -0.25) is 9.78 Å². The molecule has 1 amide bonds. The Morgan fingerprint density at radius 1 is 1.67 bits per heavy atom. The van der Waals surface area contributed by atoms with E-state index in [1.807, 2.05) is 6.92 Å². The van der Waals surface area contributed by atoms with Gasteiger partial charge in [-0.25, -0.2) is 4.79 Å². The number of carboxylic acid groups (broad SMARTS) is 1. The lowest BCUT2D eigenvalue weighted by molar-refractivity contribution is -0.140. The number of hydrogen-bond donors (Lipinski definition) is 2. The van der Waals surface area contributed by atoms with E-state index in [-0.39, 0.29) is 6.42 Å². The van der Waals surface area contributed by atoms with Crippen molar-refractivity contribution < 1.29 is 14.7 Å². The predicted molar refractivity (Wildman–Crippen MR) is 53.3 cm³/mol. The Morgan fingerprint density at radius 2 is 2.40 bits per heavy atom. The van der Waals surface area contributed by atoms with Crippen LogP contribution in [-0.4, -0.2) is 28.5 Å². The zero-order valence-electron chi connectivity index (χ0n) is 8.30. The van der Waals surface area contributed by atoms with Gasteiger partial charge in [0.25, 0.3) is 0 Å².